The van der Waals surface area contributed by atoms with Crippen molar-refractivity contribution < 1.29 is 24.2 Å². The first-order valence-corrected chi connectivity index (χ1v) is 10.6. The van der Waals surface area contributed by atoms with Crippen LogP contribution < -0.4 is 10.4 Å². The standard InChI is InChI=1S/C22H23NO5S/c1-11-4-3-5-12(8-11)15-10-29-20(18(15)22(27)28-2)23-19(24)16-13-6-7-14(9-13)17(16)21(25)26/h3-5,8,10,13-14,16-17H,6-7,9H2,1-2H3,(H,23,24)(H,25,26)/p-1/t13-,14-,16-,17+/m1/s1. The van der Waals surface area contributed by atoms with Gasteiger partial charge < -0.3 is 20.0 Å². The Hall–Kier alpha value is -2.67. The number of ether oxygens (including phenoxy) is 1. The number of carbonyl (C=O) groups excluding carboxylic acids is 3. The van der Waals surface area contributed by atoms with Gasteiger partial charge in [0, 0.05) is 28.7 Å². The Bertz CT molecular complexity index is 981. The molecule has 2 aliphatic carbocycles. The number of amides is 1. The minimum atomic E-state index is -1.16. The SMILES string of the molecule is COC(=O)c1c(-c2cccc(C)c2)csc1NC(=O)[C@@H]1[C@@H]2CC[C@H](C2)[C@@H]1C(=O)[O-]. The summed E-state index contributed by atoms with van der Waals surface area (Å²) >= 11 is 1.24. The average molecular weight is 412 g/mol. The molecular weight excluding hydrogens is 390 g/mol. The van der Waals surface area contributed by atoms with Crippen LogP contribution in [0.15, 0.2) is 29.6 Å². The van der Waals surface area contributed by atoms with Gasteiger partial charge in [0.1, 0.15) is 10.6 Å². The van der Waals surface area contributed by atoms with Gasteiger partial charge in [0.05, 0.1) is 7.11 Å². The van der Waals surface area contributed by atoms with Crippen LogP contribution in [0, 0.1) is 30.6 Å². The lowest BCUT2D eigenvalue weighted by molar-refractivity contribution is -0.314. The zero-order chi connectivity index (χ0) is 20.7. The molecule has 2 fully saturated rings. The molecule has 1 aromatic heterocycles. The van der Waals surface area contributed by atoms with Crippen molar-refractivity contribution in [2.45, 2.75) is 26.2 Å². The van der Waals surface area contributed by atoms with Crippen molar-refractivity contribution in [3.63, 3.8) is 0 Å². The number of aliphatic carboxylic acids is 1. The molecule has 0 aliphatic heterocycles. The molecule has 6 nitrogen and oxygen atoms in total. The molecule has 1 aromatic carbocycles. The Morgan fingerprint density at radius 3 is 2.55 bits per heavy atom. The van der Waals surface area contributed by atoms with Crippen LogP contribution >= 0.6 is 11.3 Å². The largest absolute Gasteiger partial charge is 0.550 e. The van der Waals surface area contributed by atoms with Crippen molar-refractivity contribution >= 4 is 34.2 Å². The monoisotopic (exact) mass is 412 g/mol. The van der Waals surface area contributed by atoms with Crippen molar-refractivity contribution in [2.24, 2.45) is 23.7 Å². The maximum Gasteiger partial charge on any atom is 0.341 e. The lowest BCUT2D eigenvalue weighted by Gasteiger charge is -2.30. The number of aryl methyl sites for hydroxylation is 1. The minimum absolute atomic E-state index is 0.00650. The predicted molar refractivity (Wildman–Crippen MR) is 107 cm³/mol. The second kappa shape index (κ2) is 7.63. The lowest BCUT2D eigenvalue weighted by Crippen LogP contribution is -2.44. The van der Waals surface area contributed by atoms with Crippen molar-refractivity contribution in [2.75, 3.05) is 12.4 Å². The fourth-order valence-corrected chi connectivity index (χ4v) is 5.94. The van der Waals surface area contributed by atoms with Crippen molar-refractivity contribution in [3.05, 3.63) is 40.8 Å². The van der Waals surface area contributed by atoms with Crippen LogP contribution in [0.2, 0.25) is 0 Å². The van der Waals surface area contributed by atoms with Gasteiger partial charge in [0.15, 0.2) is 0 Å². The second-order valence-electron chi connectivity index (χ2n) is 7.91. The smallest absolute Gasteiger partial charge is 0.341 e. The molecule has 152 valence electrons. The first-order valence-electron chi connectivity index (χ1n) is 9.69. The highest BCUT2D eigenvalue weighted by atomic mass is 32.1. The van der Waals surface area contributed by atoms with E-state index < -0.39 is 23.8 Å². The first kappa shape index (κ1) is 19.6. The number of carboxylic acids is 1. The topological polar surface area (TPSA) is 95.5 Å². The third-order valence-electron chi connectivity index (χ3n) is 6.24. The molecule has 2 aliphatic rings. The number of hydrogen-bond acceptors (Lipinski definition) is 6. The number of fused-ring (bicyclic) bond motifs is 2. The van der Waals surface area contributed by atoms with E-state index in [9.17, 15) is 19.5 Å². The maximum absolute atomic E-state index is 13.0. The Kier molecular flexibility index (Phi) is 5.17. The van der Waals surface area contributed by atoms with Crippen LogP contribution in [0.25, 0.3) is 11.1 Å². The van der Waals surface area contributed by atoms with Crippen molar-refractivity contribution in [1.82, 2.24) is 0 Å². The maximum atomic E-state index is 13.0. The van der Waals surface area contributed by atoms with E-state index in [1.165, 1.54) is 18.4 Å². The van der Waals surface area contributed by atoms with Gasteiger partial charge in [-0.2, -0.15) is 0 Å². The summed E-state index contributed by atoms with van der Waals surface area (Å²) in [6, 6.07) is 7.73. The Morgan fingerprint density at radius 2 is 1.90 bits per heavy atom. The summed E-state index contributed by atoms with van der Waals surface area (Å²) in [7, 11) is 1.30. The molecule has 0 spiro atoms. The van der Waals surface area contributed by atoms with E-state index in [0.717, 1.165) is 30.4 Å². The lowest BCUT2D eigenvalue weighted by atomic mass is 9.78. The number of carbonyl (C=O) groups is 3. The highest BCUT2D eigenvalue weighted by Gasteiger charge is 2.51. The fourth-order valence-electron chi connectivity index (χ4n) is 4.98. The van der Waals surface area contributed by atoms with Gasteiger partial charge in [-0.15, -0.1) is 11.3 Å². The molecule has 4 atom stereocenters. The van der Waals surface area contributed by atoms with Gasteiger partial charge in [-0.25, -0.2) is 4.79 Å². The molecule has 0 radical (unpaired) electrons. The third kappa shape index (κ3) is 3.44. The number of methoxy groups -OCH3 is 1. The number of esters is 1. The van der Waals surface area contributed by atoms with Gasteiger partial charge in [0.2, 0.25) is 5.91 Å². The predicted octanol–water partition coefficient (Wildman–Crippen LogP) is 2.86. The summed E-state index contributed by atoms with van der Waals surface area (Å²) < 4.78 is 4.96. The molecule has 4 rings (SSSR count). The number of carboxylic acid groups (broad SMARTS) is 1. The van der Waals surface area contributed by atoms with Gasteiger partial charge in [0.25, 0.3) is 0 Å². The van der Waals surface area contributed by atoms with Gasteiger partial charge in [-0.1, -0.05) is 29.8 Å². The zero-order valence-electron chi connectivity index (χ0n) is 16.3. The van der Waals surface area contributed by atoms with Crippen molar-refractivity contribution in [1.29, 1.82) is 0 Å². The van der Waals surface area contributed by atoms with E-state index in [-0.39, 0.29) is 17.7 Å². The summed E-state index contributed by atoms with van der Waals surface area (Å²) in [4.78, 5) is 37.2. The highest BCUT2D eigenvalue weighted by molar-refractivity contribution is 7.15. The van der Waals surface area contributed by atoms with Crippen LogP contribution in [-0.2, 0) is 14.3 Å². The minimum Gasteiger partial charge on any atom is -0.550 e. The first-order chi connectivity index (χ1) is 13.9. The molecule has 0 saturated heterocycles. The van der Waals surface area contributed by atoms with Gasteiger partial charge in [-0.3, -0.25) is 4.79 Å². The normalized spacial score (nSPS) is 25.0. The molecule has 1 amide bonds. The van der Waals surface area contributed by atoms with Crippen LogP contribution in [-0.4, -0.2) is 25.0 Å². The van der Waals surface area contributed by atoms with Gasteiger partial charge in [-0.05, 0) is 43.6 Å². The van der Waals surface area contributed by atoms with E-state index in [1.807, 2.05) is 36.6 Å². The molecular formula is C22H22NO5S-. The molecule has 1 heterocycles. The number of anilines is 1. The van der Waals surface area contributed by atoms with Gasteiger partial charge >= 0.3 is 5.97 Å². The average Bonchev–Trinajstić information content (AvgIpc) is 3.41. The van der Waals surface area contributed by atoms with Crippen molar-refractivity contribution in [3.8, 4) is 11.1 Å². The van der Waals surface area contributed by atoms with Crippen LogP contribution in [0.3, 0.4) is 0 Å². The summed E-state index contributed by atoms with van der Waals surface area (Å²) in [5, 5.41) is 16.7. The number of thiophene rings is 1. The molecule has 29 heavy (non-hydrogen) atoms. The third-order valence-corrected chi connectivity index (χ3v) is 7.13. The highest BCUT2D eigenvalue weighted by Crippen LogP contribution is 2.52. The number of nitrogens with one attached hydrogen (secondary N) is 1. The van der Waals surface area contributed by atoms with E-state index in [0.29, 0.717) is 16.1 Å². The van der Waals surface area contributed by atoms with E-state index >= 15 is 0 Å². The molecule has 1 N–H and O–H groups in total. The summed E-state index contributed by atoms with van der Waals surface area (Å²) in [5.41, 5.74) is 2.89. The van der Waals surface area contributed by atoms with E-state index in [4.69, 9.17) is 4.74 Å². The summed E-state index contributed by atoms with van der Waals surface area (Å²) in [6.07, 6.45) is 2.44. The van der Waals surface area contributed by atoms with E-state index in [2.05, 4.69) is 5.32 Å². The van der Waals surface area contributed by atoms with E-state index in [1.54, 1.807) is 0 Å². The molecule has 0 unspecified atom stereocenters. The van der Waals surface area contributed by atoms with Crippen LogP contribution in [0.5, 0.6) is 0 Å². The van der Waals surface area contributed by atoms with Crippen LogP contribution in [0.4, 0.5) is 5.00 Å². The zero-order valence-corrected chi connectivity index (χ0v) is 17.1. The summed E-state index contributed by atoms with van der Waals surface area (Å²) in [6.45, 7) is 1.96. The quantitative estimate of drug-likeness (QED) is 0.762. The number of benzene rings is 1. The summed E-state index contributed by atoms with van der Waals surface area (Å²) in [5.74, 6) is -3.36. The number of hydrogen-bond donors (Lipinski definition) is 1. The second-order valence-corrected chi connectivity index (χ2v) is 8.79. The molecule has 2 saturated carbocycles. The Labute approximate surface area is 172 Å². The fraction of sp³-hybridized carbons (Fsp3) is 0.409. The Morgan fingerprint density at radius 1 is 1.17 bits per heavy atom. The van der Waals surface area contributed by atoms with Crippen LogP contribution in [0.1, 0.15) is 35.2 Å². The Balaban J connectivity index is 1.66. The molecule has 2 bridgehead atoms. The molecule has 2 aromatic rings. The number of rotatable bonds is 5. The molecule has 7 heteroatoms.